The summed E-state index contributed by atoms with van der Waals surface area (Å²) in [4.78, 5) is 18.1. The minimum absolute atomic E-state index is 0.0370. The van der Waals surface area contributed by atoms with Crippen molar-refractivity contribution in [3.8, 4) is 22.6 Å². The normalized spacial score (nSPS) is 15.6. The van der Waals surface area contributed by atoms with Crippen LogP contribution in [0.4, 0.5) is 0 Å². The average molecular weight is 428 g/mol. The molecule has 0 saturated carbocycles. The third kappa shape index (κ3) is 3.32. The molecule has 0 saturated heterocycles. The summed E-state index contributed by atoms with van der Waals surface area (Å²) in [5.41, 5.74) is 6.23. The second kappa shape index (κ2) is 8.11. The van der Waals surface area contributed by atoms with Crippen LogP contribution in [0.1, 0.15) is 46.6 Å². The Morgan fingerprint density at radius 3 is 2.69 bits per heavy atom. The fourth-order valence-corrected chi connectivity index (χ4v) is 4.63. The molecule has 0 bridgehead atoms. The second-order valence-corrected chi connectivity index (χ2v) is 8.05. The minimum atomic E-state index is 0.0370. The lowest BCUT2D eigenvalue weighted by Crippen LogP contribution is -2.21. The van der Waals surface area contributed by atoms with E-state index < -0.39 is 0 Å². The van der Waals surface area contributed by atoms with Crippen LogP contribution in [-0.2, 0) is 12.8 Å². The summed E-state index contributed by atoms with van der Waals surface area (Å²) >= 11 is 0. The van der Waals surface area contributed by atoms with Gasteiger partial charge in [-0.05, 0) is 42.2 Å². The molecule has 0 N–H and O–H groups in total. The van der Waals surface area contributed by atoms with Crippen LogP contribution < -0.4 is 9.47 Å². The van der Waals surface area contributed by atoms with Crippen molar-refractivity contribution in [2.24, 2.45) is 0 Å². The molecule has 2 aromatic heterocycles. The Hall–Kier alpha value is -3.67. The number of nitrogens with zero attached hydrogens (tertiary/aromatic N) is 3. The number of aromatic nitrogens is 3. The van der Waals surface area contributed by atoms with Crippen molar-refractivity contribution in [3.05, 3.63) is 77.2 Å². The number of fused-ring (bicyclic) bond motifs is 2. The molecular formula is C26H25N3O3. The summed E-state index contributed by atoms with van der Waals surface area (Å²) in [7, 11) is 3.33. The fourth-order valence-electron chi connectivity index (χ4n) is 4.63. The van der Waals surface area contributed by atoms with Gasteiger partial charge in [-0.3, -0.25) is 4.79 Å². The van der Waals surface area contributed by atoms with Crippen LogP contribution in [0.3, 0.4) is 0 Å². The van der Waals surface area contributed by atoms with Gasteiger partial charge in [-0.15, -0.1) is 0 Å². The number of para-hydroxylation sites is 1. The summed E-state index contributed by atoms with van der Waals surface area (Å²) in [5.74, 6) is 1.72. The van der Waals surface area contributed by atoms with Crippen LogP contribution in [0, 0.1) is 0 Å². The number of carbonyl (C=O) groups is 1. The van der Waals surface area contributed by atoms with E-state index in [1.54, 1.807) is 18.7 Å². The number of hydrogen-bond acceptors (Lipinski definition) is 5. The van der Waals surface area contributed by atoms with E-state index in [0.717, 1.165) is 51.6 Å². The zero-order valence-electron chi connectivity index (χ0n) is 18.5. The molecule has 0 fully saturated rings. The fraction of sp³-hybridized carbons (Fsp3) is 0.269. The first kappa shape index (κ1) is 20.2. The third-order valence-electron chi connectivity index (χ3n) is 6.20. The summed E-state index contributed by atoms with van der Waals surface area (Å²) in [6, 6.07) is 15.8. The smallest absolute Gasteiger partial charge is 0.166 e. The van der Waals surface area contributed by atoms with Crippen LogP contribution in [0.25, 0.3) is 16.8 Å². The van der Waals surface area contributed by atoms with E-state index in [-0.39, 0.29) is 11.7 Å². The molecule has 0 amide bonds. The Morgan fingerprint density at radius 1 is 1.06 bits per heavy atom. The molecule has 4 aromatic rings. The Bertz CT molecular complexity index is 1330. The van der Waals surface area contributed by atoms with Gasteiger partial charge in [0.25, 0.3) is 0 Å². The third-order valence-corrected chi connectivity index (χ3v) is 6.20. The highest BCUT2D eigenvalue weighted by Crippen LogP contribution is 2.38. The maximum atomic E-state index is 13.1. The number of methoxy groups -OCH3 is 2. The lowest BCUT2D eigenvalue weighted by Gasteiger charge is -2.24. The van der Waals surface area contributed by atoms with Crippen LogP contribution in [-0.4, -0.2) is 34.6 Å². The molecule has 2 heterocycles. The van der Waals surface area contributed by atoms with Crippen molar-refractivity contribution in [2.75, 3.05) is 14.2 Å². The summed E-state index contributed by atoms with van der Waals surface area (Å²) in [5, 5.41) is 4.75. The van der Waals surface area contributed by atoms with Crippen molar-refractivity contribution < 1.29 is 14.3 Å². The van der Waals surface area contributed by atoms with Crippen LogP contribution in [0.15, 0.2) is 54.7 Å². The van der Waals surface area contributed by atoms with E-state index >= 15 is 0 Å². The van der Waals surface area contributed by atoms with Crippen LogP contribution in [0.5, 0.6) is 11.5 Å². The van der Waals surface area contributed by atoms with Crippen molar-refractivity contribution >= 4 is 11.4 Å². The molecule has 162 valence electrons. The van der Waals surface area contributed by atoms with Crippen molar-refractivity contribution in [3.63, 3.8) is 0 Å². The van der Waals surface area contributed by atoms with Gasteiger partial charge in [0.1, 0.15) is 11.5 Å². The number of Topliss-reactive ketones (excluding diaryl/α,β-unsaturated/α-hetero) is 1. The topological polar surface area (TPSA) is 65.7 Å². The van der Waals surface area contributed by atoms with Gasteiger partial charge in [0, 0.05) is 24.1 Å². The van der Waals surface area contributed by atoms with Gasteiger partial charge in [0.15, 0.2) is 11.4 Å². The van der Waals surface area contributed by atoms with Gasteiger partial charge in [-0.1, -0.05) is 37.3 Å². The number of ketones is 1. The maximum absolute atomic E-state index is 13.1. The first-order valence-electron chi connectivity index (χ1n) is 10.8. The molecule has 1 aliphatic carbocycles. The highest BCUT2D eigenvalue weighted by atomic mass is 16.5. The Labute approximate surface area is 186 Å². The van der Waals surface area contributed by atoms with Gasteiger partial charge in [-0.25, -0.2) is 9.50 Å². The quantitative estimate of drug-likeness (QED) is 0.454. The van der Waals surface area contributed by atoms with Gasteiger partial charge in [-0.2, -0.15) is 5.10 Å². The van der Waals surface area contributed by atoms with E-state index in [0.29, 0.717) is 18.4 Å². The van der Waals surface area contributed by atoms with Gasteiger partial charge >= 0.3 is 0 Å². The lowest BCUT2D eigenvalue weighted by atomic mass is 9.82. The molecule has 2 aromatic carbocycles. The number of carbonyl (C=O) groups excluding carboxylic acids is 1. The number of aryl methyl sites for hydroxylation is 1. The summed E-state index contributed by atoms with van der Waals surface area (Å²) in [6.07, 6.45) is 3.73. The van der Waals surface area contributed by atoms with Crippen LogP contribution >= 0.6 is 0 Å². The predicted octanol–water partition coefficient (Wildman–Crippen LogP) is 4.89. The molecule has 5 rings (SSSR count). The molecule has 6 heteroatoms. The monoisotopic (exact) mass is 427 g/mol. The summed E-state index contributed by atoms with van der Waals surface area (Å²) < 4.78 is 12.7. The van der Waals surface area contributed by atoms with Crippen molar-refractivity contribution in [1.82, 2.24) is 14.6 Å². The van der Waals surface area contributed by atoms with E-state index in [9.17, 15) is 4.79 Å². The van der Waals surface area contributed by atoms with Crippen molar-refractivity contribution in [2.45, 2.75) is 32.1 Å². The largest absolute Gasteiger partial charge is 0.497 e. The van der Waals surface area contributed by atoms with Gasteiger partial charge < -0.3 is 9.47 Å². The molecular weight excluding hydrogens is 402 g/mol. The second-order valence-electron chi connectivity index (χ2n) is 8.05. The molecule has 1 atom stereocenters. The highest BCUT2D eigenvalue weighted by molar-refractivity contribution is 5.99. The van der Waals surface area contributed by atoms with E-state index in [2.05, 4.69) is 6.92 Å². The Morgan fingerprint density at radius 2 is 1.91 bits per heavy atom. The molecule has 1 unspecified atom stereocenters. The van der Waals surface area contributed by atoms with Crippen LogP contribution in [0.2, 0.25) is 0 Å². The van der Waals surface area contributed by atoms with Crippen molar-refractivity contribution in [1.29, 1.82) is 0 Å². The molecule has 0 aliphatic heterocycles. The van der Waals surface area contributed by atoms with Gasteiger partial charge in [0.2, 0.25) is 0 Å². The zero-order valence-corrected chi connectivity index (χ0v) is 18.5. The molecule has 1 aliphatic rings. The van der Waals surface area contributed by atoms with E-state index in [4.69, 9.17) is 19.6 Å². The van der Waals surface area contributed by atoms with Gasteiger partial charge in [0.05, 0.1) is 31.2 Å². The molecule has 0 spiro atoms. The first-order valence-corrected chi connectivity index (χ1v) is 10.8. The number of rotatable bonds is 5. The SMILES string of the molecule is CCc1nn2cc3c(nc2c1-c1cccc(OC)c1)CC(c1ccccc1OC)CC3=O. The van der Waals surface area contributed by atoms with E-state index in [1.807, 2.05) is 54.7 Å². The number of hydrogen-bond donors (Lipinski definition) is 0. The number of benzene rings is 2. The Kier molecular flexibility index (Phi) is 5.13. The average Bonchev–Trinajstić information content (AvgIpc) is 3.20. The summed E-state index contributed by atoms with van der Waals surface area (Å²) in [6.45, 7) is 2.08. The Balaban J connectivity index is 1.65. The zero-order chi connectivity index (χ0) is 22.2. The maximum Gasteiger partial charge on any atom is 0.166 e. The first-order chi connectivity index (χ1) is 15.6. The van der Waals surface area contributed by atoms with E-state index in [1.165, 1.54) is 0 Å². The standard InChI is InChI=1S/C26H25N3O3/c1-4-21-25(16-8-7-9-18(12-16)31-2)26-27-22-13-17(19-10-5-6-11-24(19)32-3)14-23(30)20(22)15-29(26)28-21/h5-12,15,17H,4,13-14H2,1-3H3. The molecule has 6 nitrogen and oxygen atoms in total. The predicted molar refractivity (Wildman–Crippen MR) is 123 cm³/mol. The highest BCUT2D eigenvalue weighted by Gasteiger charge is 2.30. The lowest BCUT2D eigenvalue weighted by molar-refractivity contribution is 0.0962. The minimum Gasteiger partial charge on any atom is -0.497 e. The number of ether oxygens (including phenoxy) is 2. The molecule has 0 radical (unpaired) electrons. The molecule has 32 heavy (non-hydrogen) atoms.